The number of nitrogens with two attached hydrogens (primary N) is 1. The first-order valence-electron chi connectivity index (χ1n) is 4.04. The summed E-state index contributed by atoms with van der Waals surface area (Å²) in [4.78, 5) is 17.9. The van der Waals surface area contributed by atoms with Gasteiger partial charge in [0.15, 0.2) is 5.71 Å². The van der Waals surface area contributed by atoms with E-state index in [1.54, 1.807) is 0 Å². The Balaban J connectivity index is 2.95. The van der Waals surface area contributed by atoms with Gasteiger partial charge in [-0.2, -0.15) is 0 Å². The molecule has 0 spiro atoms. The first kappa shape index (κ1) is 9.46. The highest BCUT2D eigenvalue weighted by Crippen LogP contribution is 2.26. The Morgan fingerprint density at radius 1 is 1.69 bits per heavy atom. The number of primary amides is 1. The SMILES string of the molecule is [C-]#[N+]C1=C(C(C)C)CC(C(N)=O)=N1. The van der Waals surface area contributed by atoms with Crippen molar-refractivity contribution in [3.05, 3.63) is 22.8 Å². The van der Waals surface area contributed by atoms with E-state index < -0.39 is 5.91 Å². The minimum Gasteiger partial charge on any atom is -0.363 e. The standard InChI is InChI=1S/C9H11N3O/c1-5(2)6-4-7(8(10)13)12-9(6)11-3/h5H,4H2,1-2H3,(H2,10,13). The topological polar surface area (TPSA) is 59.8 Å². The highest BCUT2D eigenvalue weighted by molar-refractivity contribution is 6.39. The molecule has 1 aliphatic heterocycles. The summed E-state index contributed by atoms with van der Waals surface area (Å²) >= 11 is 0. The van der Waals surface area contributed by atoms with Gasteiger partial charge in [0.1, 0.15) is 0 Å². The summed E-state index contributed by atoms with van der Waals surface area (Å²) in [6.45, 7) is 10.8. The van der Waals surface area contributed by atoms with Crippen molar-refractivity contribution < 1.29 is 4.79 Å². The molecule has 0 saturated heterocycles. The van der Waals surface area contributed by atoms with Crippen LogP contribution in [0.25, 0.3) is 4.85 Å². The lowest BCUT2D eigenvalue weighted by atomic mass is 9.99. The molecule has 0 unspecified atom stereocenters. The van der Waals surface area contributed by atoms with Gasteiger partial charge in [-0.15, -0.1) is 4.99 Å². The third kappa shape index (κ3) is 1.75. The maximum Gasteiger partial charge on any atom is 0.287 e. The molecule has 68 valence electrons. The van der Waals surface area contributed by atoms with Gasteiger partial charge in [0.25, 0.3) is 11.7 Å². The number of rotatable bonds is 2. The van der Waals surface area contributed by atoms with Crippen LogP contribution in [0.2, 0.25) is 0 Å². The molecule has 0 atom stereocenters. The molecule has 1 amide bonds. The zero-order valence-electron chi connectivity index (χ0n) is 7.66. The van der Waals surface area contributed by atoms with Gasteiger partial charge in [-0.1, -0.05) is 20.4 Å². The molecule has 0 saturated carbocycles. The number of aliphatic imine (C=N–C) groups is 1. The molecule has 13 heavy (non-hydrogen) atoms. The first-order chi connectivity index (χ1) is 6.06. The summed E-state index contributed by atoms with van der Waals surface area (Å²) in [6.07, 6.45) is 0.435. The largest absolute Gasteiger partial charge is 0.363 e. The molecule has 0 fully saturated rings. The van der Waals surface area contributed by atoms with Crippen LogP contribution in [0.3, 0.4) is 0 Å². The summed E-state index contributed by atoms with van der Waals surface area (Å²) in [7, 11) is 0. The summed E-state index contributed by atoms with van der Waals surface area (Å²) < 4.78 is 0. The zero-order chi connectivity index (χ0) is 10.0. The van der Waals surface area contributed by atoms with Crippen molar-refractivity contribution in [3.8, 4) is 0 Å². The summed E-state index contributed by atoms with van der Waals surface area (Å²) in [5.41, 5.74) is 6.28. The van der Waals surface area contributed by atoms with Crippen LogP contribution in [0.1, 0.15) is 20.3 Å². The van der Waals surface area contributed by atoms with Crippen molar-refractivity contribution in [2.45, 2.75) is 20.3 Å². The zero-order valence-corrected chi connectivity index (χ0v) is 7.66. The van der Waals surface area contributed by atoms with Crippen molar-refractivity contribution >= 4 is 11.6 Å². The Kier molecular flexibility index (Phi) is 2.47. The van der Waals surface area contributed by atoms with Crippen LogP contribution < -0.4 is 5.73 Å². The second-order valence-electron chi connectivity index (χ2n) is 3.21. The van der Waals surface area contributed by atoms with Crippen LogP contribution in [0.4, 0.5) is 0 Å². The lowest BCUT2D eigenvalue weighted by Gasteiger charge is -2.04. The minimum atomic E-state index is -0.531. The fourth-order valence-corrected chi connectivity index (χ4v) is 1.20. The highest BCUT2D eigenvalue weighted by atomic mass is 16.1. The van der Waals surface area contributed by atoms with Crippen molar-refractivity contribution in [2.24, 2.45) is 16.6 Å². The smallest absolute Gasteiger partial charge is 0.287 e. The van der Waals surface area contributed by atoms with Gasteiger partial charge in [0.2, 0.25) is 0 Å². The Labute approximate surface area is 77.0 Å². The van der Waals surface area contributed by atoms with Gasteiger partial charge >= 0.3 is 0 Å². The lowest BCUT2D eigenvalue weighted by Crippen LogP contribution is -2.22. The van der Waals surface area contributed by atoms with E-state index in [0.717, 1.165) is 5.57 Å². The van der Waals surface area contributed by atoms with Crippen LogP contribution in [0.15, 0.2) is 16.4 Å². The average Bonchev–Trinajstić information content (AvgIpc) is 2.47. The summed E-state index contributed by atoms with van der Waals surface area (Å²) in [5.74, 6) is 0.0466. The maximum absolute atomic E-state index is 10.8. The normalized spacial score (nSPS) is 16.0. The Hall–Kier alpha value is -1.63. The molecule has 1 rings (SSSR count). The third-order valence-electron chi connectivity index (χ3n) is 1.97. The summed E-state index contributed by atoms with van der Waals surface area (Å²) in [6, 6.07) is 0. The highest BCUT2D eigenvalue weighted by Gasteiger charge is 2.25. The van der Waals surface area contributed by atoms with E-state index in [2.05, 4.69) is 9.84 Å². The minimum absolute atomic E-state index is 0.240. The number of nitrogens with zero attached hydrogens (tertiary/aromatic N) is 2. The fraction of sp³-hybridized carbons (Fsp3) is 0.444. The van der Waals surface area contributed by atoms with Gasteiger partial charge in [-0.05, 0) is 11.5 Å². The van der Waals surface area contributed by atoms with E-state index in [-0.39, 0.29) is 5.92 Å². The van der Waals surface area contributed by atoms with E-state index in [0.29, 0.717) is 18.0 Å². The molecular weight excluding hydrogens is 166 g/mol. The molecule has 0 aromatic heterocycles. The molecule has 2 N–H and O–H groups in total. The van der Waals surface area contributed by atoms with Crippen molar-refractivity contribution in [1.29, 1.82) is 0 Å². The van der Waals surface area contributed by atoms with E-state index >= 15 is 0 Å². The Morgan fingerprint density at radius 3 is 2.62 bits per heavy atom. The van der Waals surface area contributed by atoms with Crippen LogP contribution in [-0.4, -0.2) is 11.6 Å². The van der Waals surface area contributed by atoms with Crippen molar-refractivity contribution in [2.75, 3.05) is 0 Å². The van der Waals surface area contributed by atoms with Crippen LogP contribution >= 0.6 is 0 Å². The van der Waals surface area contributed by atoms with E-state index in [4.69, 9.17) is 12.3 Å². The van der Waals surface area contributed by atoms with E-state index in [9.17, 15) is 4.79 Å². The van der Waals surface area contributed by atoms with Gasteiger partial charge in [-0.25, -0.2) is 0 Å². The number of carbonyl (C=O) groups excluding carboxylic acids is 1. The van der Waals surface area contributed by atoms with E-state index in [1.807, 2.05) is 13.8 Å². The summed E-state index contributed by atoms with van der Waals surface area (Å²) in [5, 5.41) is 0. The Morgan fingerprint density at radius 2 is 2.31 bits per heavy atom. The number of allylic oxidation sites excluding steroid dienone is 1. The molecular formula is C9H11N3O. The van der Waals surface area contributed by atoms with E-state index in [1.165, 1.54) is 0 Å². The monoisotopic (exact) mass is 177 g/mol. The van der Waals surface area contributed by atoms with Gasteiger partial charge in [0.05, 0.1) is 0 Å². The maximum atomic E-state index is 10.8. The van der Waals surface area contributed by atoms with Crippen LogP contribution in [0, 0.1) is 12.5 Å². The van der Waals surface area contributed by atoms with Crippen molar-refractivity contribution in [3.63, 3.8) is 0 Å². The average molecular weight is 177 g/mol. The molecule has 4 nitrogen and oxygen atoms in total. The van der Waals surface area contributed by atoms with Crippen LogP contribution in [0.5, 0.6) is 0 Å². The van der Waals surface area contributed by atoms with Gasteiger partial charge < -0.3 is 10.6 Å². The number of hydrogen-bond donors (Lipinski definition) is 1. The number of amides is 1. The van der Waals surface area contributed by atoms with Gasteiger partial charge in [0, 0.05) is 6.42 Å². The lowest BCUT2D eigenvalue weighted by molar-refractivity contribution is -0.112. The Bertz CT molecular complexity index is 344. The molecule has 0 aliphatic carbocycles. The molecule has 0 radical (unpaired) electrons. The second-order valence-corrected chi connectivity index (χ2v) is 3.21. The number of carbonyl (C=O) groups is 1. The molecule has 0 aromatic carbocycles. The van der Waals surface area contributed by atoms with Crippen LogP contribution in [-0.2, 0) is 4.79 Å². The fourth-order valence-electron chi connectivity index (χ4n) is 1.20. The molecule has 0 aromatic rings. The molecule has 4 heteroatoms. The first-order valence-corrected chi connectivity index (χ1v) is 4.04. The predicted octanol–water partition coefficient (Wildman–Crippen LogP) is 1.10. The molecule has 1 aliphatic rings. The molecule has 1 heterocycles. The number of hydrogen-bond acceptors (Lipinski definition) is 2. The van der Waals surface area contributed by atoms with Crippen molar-refractivity contribution in [1.82, 2.24) is 0 Å². The second kappa shape index (κ2) is 3.40. The quantitative estimate of drug-likeness (QED) is 0.631. The third-order valence-corrected chi connectivity index (χ3v) is 1.97. The van der Waals surface area contributed by atoms with Gasteiger partial charge in [-0.3, -0.25) is 4.79 Å². The predicted molar refractivity (Wildman–Crippen MR) is 49.7 cm³/mol. The molecule has 0 bridgehead atoms.